The molecule has 0 spiro atoms. The summed E-state index contributed by atoms with van der Waals surface area (Å²) in [5, 5.41) is 9.42. The molecule has 0 aliphatic heterocycles. The summed E-state index contributed by atoms with van der Waals surface area (Å²) in [6.07, 6.45) is 2.04. The number of aliphatic carboxylic acids is 1. The van der Waals surface area contributed by atoms with Crippen LogP contribution in [0.2, 0.25) is 0 Å². The summed E-state index contributed by atoms with van der Waals surface area (Å²) in [5.74, 6) is -4.43. The maximum Gasteiger partial charge on any atom is 0.343 e. The van der Waals surface area contributed by atoms with Crippen LogP contribution >= 0.6 is 0 Å². The van der Waals surface area contributed by atoms with Gasteiger partial charge < -0.3 is 14.6 Å². The molecule has 0 fully saturated rings. The van der Waals surface area contributed by atoms with E-state index in [1.54, 1.807) is 30.3 Å². The van der Waals surface area contributed by atoms with Crippen molar-refractivity contribution in [1.29, 1.82) is 0 Å². The zero-order valence-electron chi connectivity index (χ0n) is 12.1. The van der Waals surface area contributed by atoms with Crippen LogP contribution < -0.4 is 0 Å². The topological polar surface area (TPSA) is 72.8 Å². The second-order valence-electron chi connectivity index (χ2n) is 4.74. The lowest BCUT2D eigenvalue weighted by Crippen LogP contribution is -2.50. The highest BCUT2D eigenvalue weighted by molar-refractivity contribution is 5.95. The highest BCUT2D eigenvalue weighted by Gasteiger charge is 2.51. The van der Waals surface area contributed by atoms with Gasteiger partial charge in [0.15, 0.2) is 0 Å². The van der Waals surface area contributed by atoms with Gasteiger partial charge in [-0.2, -0.15) is 0 Å². The van der Waals surface area contributed by atoms with Crippen LogP contribution in [0.5, 0.6) is 0 Å². The first-order valence-corrected chi connectivity index (χ1v) is 6.48. The fourth-order valence-corrected chi connectivity index (χ4v) is 2.45. The zero-order chi connectivity index (χ0) is 16.3. The second-order valence-corrected chi connectivity index (χ2v) is 4.74. The molecule has 22 heavy (non-hydrogen) atoms. The third kappa shape index (κ3) is 2.53. The molecule has 6 heteroatoms. The van der Waals surface area contributed by atoms with Gasteiger partial charge in [-0.25, -0.2) is 9.18 Å². The fourth-order valence-electron chi connectivity index (χ4n) is 2.45. The van der Waals surface area contributed by atoms with E-state index < -0.39 is 29.3 Å². The van der Waals surface area contributed by atoms with Gasteiger partial charge >= 0.3 is 11.9 Å². The fraction of sp³-hybridized carbons (Fsp3) is 0.250. The van der Waals surface area contributed by atoms with Gasteiger partial charge in [-0.1, -0.05) is 36.4 Å². The number of rotatable bonds is 4. The summed E-state index contributed by atoms with van der Waals surface area (Å²) in [6, 6.07) is 8.47. The predicted molar refractivity (Wildman–Crippen MR) is 76.5 cm³/mol. The molecule has 1 aromatic carbocycles. The molecule has 2 atom stereocenters. The molecule has 0 saturated heterocycles. The Labute approximate surface area is 126 Å². The van der Waals surface area contributed by atoms with E-state index in [1.807, 2.05) is 0 Å². The van der Waals surface area contributed by atoms with Crippen LogP contribution in [0, 0.1) is 5.92 Å². The first kappa shape index (κ1) is 15.9. The average Bonchev–Trinajstić information content (AvgIpc) is 2.54. The van der Waals surface area contributed by atoms with E-state index >= 15 is 0 Å². The van der Waals surface area contributed by atoms with Crippen LogP contribution in [-0.4, -0.2) is 36.9 Å². The quantitative estimate of drug-likeness (QED) is 0.863. The molecule has 0 radical (unpaired) electrons. The van der Waals surface area contributed by atoms with Crippen LogP contribution in [0.4, 0.5) is 4.39 Å². The molecular formula is C16H15FO5. The Hall–Kier alpha value is -2.47. The van der Waals surface area contributed by atoms with Crippen LogP contribution in [-0.2, 0) is 19.1 Å². The van der Waals surface area contributed by atoms with Crippen molar-refractivity contribution in [3.05, 3.63) is 53.9 Å². The van der Waals surface area contributed by atoms with Crippen molar-refractivity contribution in [2.75, 3.05) is 14.2 Å². The van der Waals surface area contributed by atoms with Crippen molar-refractivity contribution in [2.45, 2.75) is 5.60 Å². The molecule has 0 heterocycles. The molecule has 2 unspecified atom stereocenters. The van der Waals surface area contributed by atoms with Gasteiger partial charge in [0.1, 0.15) is 11.7 Å². The van der Waals surface area contributed by atoms with Crippen molar-refractivity contribution in [2.24, 2.45) is 5.92 Å². The van der Waals surface area contributed by atoms with E-state index in [9.17, 15) is 19.1 Å². The number of carboxylic acids is 1. The van der Waals surface area contributed by atoms with Gasteiger partial charge in [0.2, 0.25) is 5.60 Å². The molecule has 2 rings (SSSR count). The number of ether oxygens (including phenoxy) is 2. The number of esters is 1. The van der Waals surface area contributed by atoms with Gasteiger partial charge in [-0.3, -0.25) is 4.79 Å². The smallest absolute Gasteiger partial charge is 0.343 e. The van der Waals surface area contributed by atoms with Crippen LogP contribution in [0.15, 0.2) is 48.3 Å². The number of carboxylic acid groups (broad SMARTS) is 1. The summed E-state index contributed by atoms with van der Waals surface area (Å²) in [4.78, 5) is 23.5. The molecule has 116 valence electrons. The third-order valence-corrected chi connectivity index (χ3v) is 3.59. The minimum atomic E-state index is -2.02. The number of allylic oxidation sites excluding steroid dienone is 2. The molecule has 5 nitrogen and oxygen atoms in total. The van der Waals surface area contributed by atoms with Crippen molar-refractivity contribution >= 4 is 17.5 Å². The highest BCUT2D eigenvalue weighted by atomic mass is 19.1. The lowest BCUT2D eigenvalue weighted by molar-refractivity contribution is -0.171. The molecule has 1 aliphatic carbocycles. The molecule has 0 amide bonds. The van der Waals surface area contributed by atoms with E-state index in [-0.39, 0.29) is 5.57 Å². The predicted octanol–water partition coefficient (Wildman–Crippen LogP) is 2.20. The zero-order valence-corrected chi connectivity index (χ0v) is 12.1. The standard InChI is InChI=1S/C16H15FO5/c1-21-15(20)16(22-2)9-13(17)11(8-12(16)14(18)19)10-6-4-3-5-7-10/h3-9,12H,1-2H3,(H,18,19). The Kier molecular flexibility index (Phi) is 4.42. The van der Waals surface area contributed by atoms with Gasteiger partial charge in [0, 0.05) is 12.7 Å². The Morgan fingerprint density at radius 2 is 1.86 bits per heavy atom. The third-order valence-electron chi connectivity index (χ3n) is 3.59. The lowest BCUT2D eigenvalue weighted by Gasteiger charge is -2.33. The van der Waals surface area contributed by atoms with Crippen molar-refractivity contribution in [1.82, 2.24) is 0 Å². The Bertz CT molecular complexity index is 650. The van der Waals surface area contributed by atoms with E-state index in [0.29, 0.717) is 5.56 Å². The summed E-state index contributed by atoms with van der Waals surface area (Å²) < 4.78 is 24.1. The van der Waals surface area contributed by atoms with Gasteiger partial charge in [0.25, 0.3) is 0 Å². The second kappa shape index (κ2) is 6.11. The SMILES string of the molecule is COC(=O)C1(OC)C=C(F)C(c2ccccc2)=CC1C(=O)O. The molecule has 1 aliphatic rings. The minimum Gasteiger partial charge on any atom is -0.481 e. The number of hydrogen-bond acceptors (Lipinski definition) is 4. The number of hydrogen-bond donors (Lipinski definition) is 1. The Morgan fingerprint density at radius 1 is 1.23 bits per heavy atom. The minimum absolute atomic E-state index is 0.101. The molecule has 0 aromatic heterocycles. The number of carbonyl (C=O) groups excluding carboxylic acids is 1. The first-order valence-electron chi connectivity index (χ1n) is 6.48. The van der Waals surface area contributed by atoms with E-state index in [1.165, 1.54) is 6.08 Å². The monoisotopic (exact) mass is 306 g/mol. The molecule has 0 bridgehead atoms. The Balaban J connectivity index is 2.59. The van der Waals surface area contributed by atoms with E-state index in [4.69, 9.17) is 4.74 Å². The summed E-state index contributed by atoms with van der Waals surface area (Å²) in [7, 11) is 2.22. The number of methoxy groups -OCH3 is 2. The van der Waals surface area contributed by atoms with Crippen LogP contribution in [0.1, 0.15) is 5.56 Å². The van der Waals surface area contributed by atoms with E-state index in [0.717, 1.165) is 20.3 Å². The Morgan fingerprint density at radius 3 is 2.36 bits per heavy atom. The summed E-state index contributed by atoms with van der Waals surface area (Å²) in [5.41, 5.74) is -1.41. The van der Waals surface area contributed by atoms with Crippen molar-refractivity contribution in [3.63, 3.8) is 0 Å². The molecule has 0 saturated carbocycles. The number of carbonyl (C=O) groups is 2. The van der Waals surface area contributed by atoms with Crippen molar-refractivity contribution < 1.29 is 28.6 Å². The van der Waals surface area contributed by atoms with Crippen LogP contribution in [0.3, 0.4) is 0 Å². The summed E-state index contributed by atoms with van der Waals surface area (Å²) >= 11 is 0. The highest BCUT2D eigenvalue weighted by Crippen LogP contribution is 2.39. The number of benzene rings is 1. The molecule has 1 N–H and O–H groups in total. The first-order chi connectivity index (χ1) is 10.5. The maximum atomic E-state index is 14.5. The van der Waals surface area contributed by atoms with Crippen molar-refractivity contribution in [3.8, 4) is 0 Å². The van der Waals surface area contributed by atoms with E-state index in [2.05, 4.69) is 4.74 Å². The van der Waals surface area contributed by atoms with Gasteiger partial charge in [-0.15, -0.1) is 0 Å². The lowest BCUT2D eigenvalue weighted by atomic mass is 9.79. The van der Waals surface area contributed by atoms with Gasteiger partial charge in [0.05, 0.1) is 7.11 Å². The molecular weight excluding hydrogens is 291 g/mol. The molecule has 1 aromatic rings. The normalized spacial score (nSPS) is 24.2. The number of halogens is 1. The van der Waals surface area contributed by atoms with Crippen LogP contribution in [0.25, 0.3) is 5.57 Å². The maximum absolute atomic E-state index is 14.5. The summed E-state index contributed by atoms with van der Waals surface area (Å²) in [6.45, 7) is 0. The van der Waals surface area contributed by atoms with Gasteiger partial charge in [-0.05, 0) is 11.6 Å². The largest absolute Gasteiger partial charge is 0.481 e. The average molecular weight is 306 g/mol.